The van der Waals surface area contributed by atoms with Crippen LogP contribution in [-0.4, -0.2) is 9.97 Å². The van der Waals surface area contributed by atoms with Gasteiger partial charge in [0.1, 0.15) is 10.8 Å². The van der Waals surface area contributed by atoms with Crippen molar-refractivity contribution >= 4 is 27.9 Å². The van der Waals surface area contributed by atoms with E-state index in [0.29, 0.717) is 11.2 Å². The molecule has 4 nitrogen and oxygen atoms in total. The van der Waals surface area contributed by atoms with Gasteiger partial charge in [-0.1, -0.05) is 18.2 Å². The van der Waals surface area contributed by atoms with E-state index in [9.17, 15) is 4.79 Å². The van der Waals surface area contributed by atoms with Gasteiger partial charge in [-0.3, -0.25) is 4.79 Å². The van der Waals surface area contributed by atoms with E-state index in [4.69, 9.17) is 0 Å². The average molecular weight is 271 g/mol. The van der Waals surface area contributed by atoms with Crippen molar-refractivity contribution in [2.75, 3.05) is 5.32 Å². The standard InChI is InChI=1S/C14H13N3OS/c1-9(14-15-6-7-19-14)16-12-8-10-4-2-3-5-11(10)13(18)17-12/h2-9H,1H3,(H2,16,17,18). The molecule has 0 saturated carbocycles. The number of benzene rings is 1. The first-order valence-corrected chi connectivity index (χ1v) is 6.90. The Balaban J connectivity index is 1.95. The summed E-state index contributed by atoms with van der Waals surface area (Å²) in [5, 5.41) is 7.84. The summed E-state index contributed by atoms with van der Waals surface area (Å²) in [5.74, 6) is 0.714. The summed E-state index contributed by atoms with van der Waals surface area (Å²) < 4.78 is 0. The Hall–Kier alpha value is -2.14. The molecule has 2 aromatic heterocycles. The molecule has 0 aliphatic heterocycles. The minimum atomic E-state index is -0.0769. The summed E-state index contributed by atoms with van der Waals surface area (Å²) in [6, 6.07) is 9.56. The number of nitrogens with one attached hydrogen (secondary N) is 2. The molecule has 2 heterocycles. The van der Waals surface area contributed by atoms with Gasteiger partial charge in [0.25, 0.3) is 5.56 Å². The van der Waals surface area contributed by atoms with Gasteiger partial charge in [-0.05, 0) is 24.4 Å². The fraction of sp³-hybridized carbons (Fsp3) is 0.143. The second-order valence-electron chi connectivity index (χ2n) is 4.34. The van der Waals surface area contributed by atoms with E-state index in [0.717, 1.165) is 10.4 Å². The second-order valence-corrected chi connectivity index (χ2v) is 5.26. The van der Waals surface area contributed by atoms with Gasteiger partial charge < -0.3 is 10.3 Å². The monoisotopic (exact) mass is 271 g/mol. The molecule has 2 N–H and O–H groups in total. The highest BCUT2D eigenvalue weighted by atomic mass is 32.1. The van der Waals surface area contributed by atoms with Crippen molar-refractivity contribution in [2.45, 2.75) is 13.0 Å². The maximum atomic E-state index is 12.0. The fourth-order valence-electron chi connectivity index (χ4n) is 2.03. The second kappa shape index (κ2) is 4.85. The zero-order valence-electron chi connectivity index (χ0n) is 10.4. The normalized spacial score (nSPS) is 12.5. The number of pyridine rings is 1. The minimum Gasteiger partial charge on any atom is -0.363 e. The Morgan fingerprint density at radius 2 is 2.21 bits per heavy atom. The van der Waals surface area contributed by atoms with Crippen molar-refractivity contribution in [1.82, 2.24) is 9.97 Å². The number of hydrogen-bond acceptors (Lipinski definition) is 4. The van der Waals surface area contributed by atoms with Crippen LogP contribution in [0.25, 0.3) is 10.8 Å². The van der Waals surface area contributed by atoms with Crippen molar-refractivity contribution in [3.05, 3.63) is 57.3 Å². The van der Waals surface area contributed by atoms with E-state index in [1.165, 1.54) is 0 Å². The largest absolute Gasteiger partial charge is 0.363 e. The zero-order chi connectivity index (χ0) is 13.2. The number of hydrogen-bond donors (Lipinski definition) is 2. The first-order chi connectivity index (χ1) is 9.24. The first-order valence-electron chi connectivity index (χ1n) is 6.02. The molecule has 1 unspecified atom stereocenters. The SMILES string of the molecule is CC(Nc1cc2ccccc2c(=O)[nH]1)c1nccs1. The Morgan fingerprint density at radius 3 is 3.00 bits per heavy atom. The van der Waals surface area contributed by atoms with Crippen LogP contribution in [0.15, 0.2) is 46.7 Å². The highest BCUT2D eigenvalue weighted by Gasteiger charge is 2.09. The summed E-state index contributed by atoms with van der Waals surface area (Å²) >= 11 is 1.59. The van der Waals surface area contributed by atoms with Crippen LogP contribution in [0.3, 0.4) is 0 Å². The molecule has 1 atom stereocenters. The predicted molar refractivity (Wildman–Crippen MR) is 78.7 cm³/mol. The molecule has 1 aromatic carbocycles. The molecule has 0 fully saturated rings. The zero-order valence-corrected chi connectivity index (χ0v) is 11.2. The number of H-pyrrole nitrogens is 1. The number of aromatic nitrogens is 2. The van der Waals surface area contributed by atoms with Gasteiger partial charge >= 0.3 is 0 Å². The first kappa shape index (κ1) is 11.9. The maximum Gasteiger partial charge on any atom is 0.257 e. The van der Waals surface area contributed by atoms with Crippen LogP contribution >= 0.6 is 11.3 Å². The quantitative estimate of drug-likeness (QED) is 0.769. The third kappa shape index (κ3) is 2.37. The summed E-state index contributed by atoms with van der Waals surface area (Å²) in [4.78, 5) is 19.1. The maximum absolute atomic E-state index is 12.0. The molecule has 0 bridgehead atoms. The van der Waals surface area contributed by atoms with Crippen molar-refractivity contribution in [2.24, 2.45) is 0 Å². The van der Waals surface area contributed by atoms with Crippen molar-refractivity contribution < 1.29 is 0 Å². The molecular formula is C14H13N3OS. The molecule has 96 valence electrons. The van der Waals surface area contributed by atoms with Crippen molar-refractivity contribution in [3.63, 3.8) is 0 Å². The third-order valence-corrected chi connectivity index (χ3v) is 3.91. The number of fused-ring (bicyclic) bond motifs is 1. The predicted octanol–water partition coefficient (Wildman–Crippen LogP) is 3.16. The lowest BCUT2D eigenvalue weighted by atomic mass is 10.2. The summed E-state index contributed by atoms with van der Waals surface area (Å²) in [6.45, 7) is 2.02. The topological polar surface area (TPSA) is 57.8 Å². The van der Waals surface area contributed by atoms with Crippen LogP contribution in [0.2, 0.25) is 0 Å². The summed E-state index contributed by atoms with van der Waals surface area (Å²) in [6.07, 6.45) is 1.78. The lowest BCUT2D eigenvalue weighted by Crippen LogP contribution is -2.13. The van der Waals surface area contributed by atoms with Crippen LogP contribution in [0.1, 0.15) is 18.0 Å². The molecule has 0 radical (unpaired) electrons. The number of aromatic amines is 1. The average Bonchev–Trinajstić information content (AvgIpc) is 2.93. The molecule has 19 heavy (non-hydrogen) atoms. The number of nitrogens with zero attached hydrogens (tertiary/aromatic N) is 1. The third-order valence-electron chi connectivity index (χ3n) is 2.95. The van der Waals surface area contributed by atoms with Crippen molar-refractivity contribution in [1.29, 1.82) is 0 Å². The molecule has 0 spiro atoms. The van der Waals surface area contributed by atoms with E-state index in [-0.39, 0.29) is 11.6 Å². The van der Waals surface area contributed by atoms with Crippen LogP contribution in [0.4, 0.5) is 5.82 Å². The van der Waals surface area contributed by atoms with Gasteiger partial charge in [0.15, 0.2) is 0 Å². The molecular weight excluding hydrogens is 258 g/mol. The van der Waals surface area contributed by atoms with Crippen molar-refractivity contribution in [3.8, 4) is 0 Å². The smallest absolute Gasteiger partial charge is 0.257 e. The van der Waals surface area contributed by atoms with Crippen LogP contribution in [0, 0.1) is 0 Å². The highest BCUT2D eigenvalue weighted by Crippen LogP contribution is 2.20. The Labute approximate surface area is 114 Å². The molecule has 0 saturated heterocycles. The number of thiazole rings is 1. The van der Waals surface area contributed by atoms with Crippen LogP contribution in [-0.2, 0) is 0 Å². The molecule has 3 rings (SSSR count). The van der Waals surface area contributed by atoms with Gasteiger partial charge in [-0.2, -0.15) is 0 Å². The number of anilines is 1. The Kier molecular flexibility index (Phi) is 3.05. The van der Waals surface area contributed by atoms with Crippen LogP contribution in [0.5, 0.6) is 0 Å². The van der Waals surface area contributed by atoms with E-state index in [1.807, 2.05) is 42.6 Å². The summed E-state index contributed by atoms with van der Waals surface area (Å²) in [5.41, 5.74) is -0.0769. The molecule has 5 heteroatoms. The number of rotatable bonds is 3. The lowest BCUT2D eigenvalue weighted by Gasteiger charge is -2.12. The van der Waals surface area contributed by atoms with E-state index in [1.54, 1.807) is 17.5 Å². The minimum absolute atomic E-state index is 0.0665. The molecule has 3 aromatic rings. The fourth-order valence-corrected chi connectivity index (χ4v) is 2.68. The van der Waals surface area contributed by atoms with E-state index in [2.05, 4.69) is 15.3 Å². The van der Waals surface area contributed by atoms with Gasteiger partial charge in [0.05, 0.1) is 6.04 Å². The molecule has 0 aliphatic carbocycles. The van der Waals surface area contributed by atoms with E-state index >= 15 is 0 Å². The Bertz CT molecular complexity index is 749. The van der Waals surface area contributed by atoms with Gasteiger partial charge in [0, 0.05) is 17.0 Å². The van der Waals surface area contributed by atoms with Gasteiger partial charge in [-0.15, -0.1) is 11.3 Å². The molecule has 0 aliphatic rings. The van der Waals surface area contributed by atoms with Gasteiger partial charge in [-0.25, -0.2) is 4.98 Å². The highest BCUT2D eigenvalue weighted by molar-refractivity contribution is 7.09. The lowest BCUT2D eigenvalue weighted by molar-refractivity contribution is 0.860. The van der Waals surface area contributed by atoms with Crippen LogP contribution < -0.4 is 10.9 Å². The summed E-state index contributed by atoms with van der Waals surface area (Å²) in [7, 11) is 0. The van der Waals surface area contributed by atoms with Gasteiger partial charge in [0.2, 0.25) is 0 Å². The molecule has 0 amide bonds. The van der Waals surface area contributed by atoms with E-state index < -0.39 is 0 Å². The Morgan fingerprint density at radius 1 is 1.37 bits per heavy atom.